The van der Waals surface area contributed by atoms with E-state index in [4.69, 9.17) is 11.0 Å². The van der Waals surface area contributed by atoms with Crippen molar-refractivity contribution in [1.29, 1.82) is 5.26 Å². The van der Waals surface area contributed by atoms with Gasteiger partial charge in [0.15, 0.2) is 0 Å². The summed E-state index contributed by atoms with van der Waals surface area (Å²) in [5.74, 6) is -0.926. The van der Waals surface area contributed by atoms with Crippen LogP contribution in [0.25, 0.3) is 0 Å². The summed E-state index contributed by atoms with van der Waals surface area (Å²) in [4.78, 5) is 11.7. The average molecular weight is 258 g/mol. The molecule has 0 aromatic heterocycles. The molecule has 0 spiro atoms. The van der Waals surface area contributed by atoms with Gasteiger partial charge in [-0.2, -0.15) is 5.26 Å². The van der Waals surface area contributed by atoms with E-state index >= 15 is 0 Å². The Labute approximate surface area is 112 Å². The summed E-state index contributed by atoms with van der Waals surface area (Å²) in [5.41, 5.74) is 6.62. The van der Waals surface area contributed by atoms with Gasteiger partial charge in [0.25, 0.3) is 0 Å². The molecule has 0 radical (unpaired) electrons. The van der Waals surface area contributed by atoms with Crippen LogP contribution < -0.4 is 5.73 Å². The van der Waals surface area contributed by atoms with Crippen LogP contribution in [0.3, 0.4) is 0 Å². The Kier molecular flexibility index (Phi) is 3.87. The Morgan fingerprint density at radius 2 is 1.95 bits per heavy atom. The van der Waals surface area contributed by atoms with Crippen molar-refractivity contribution in [2.45, 2.75) is 31.6 Å². The van der Waals surface area contributed by atoms with Crippen LogP contribution in [0.2, 0.25) is 0 Å². The summed E-state index contributed by atoms with van der Waals surface area (Å²) in [6.07, 6.45) is 3.26. The highest BCUT2D eigenvalue weighted by molar-refractivity contribution is 5.76. The summed E-state index contributed by atoms with van der Waals surface area (Å²) in [6, 6.07) is 9.18. The molecular weight excluding hydrogens is 240 g/mol. The highest BCUT2D eigenvalue weighted by Crippen LogP contribution is 2.48. The second kappa shape index (κ2) is 5.41. The lowest BCUT2D eigenvalue weighted by Crippen LogP contribution is -2.38. The summed E-state index contributed by atoms with van der Waals surface area (Å²) >= 11 is 0. The molecule has 1 aromatic carbocycles. The SMILES string of the molecule is N#Cc1ccc(C(CN)C2(C(=O)O)CCCC2)cc1. The molecule has 0 bridgehead atoms. The topological polar surface area (TPSA) is 87.1 Å². The van der Waals surface area contributed by atoms with E-state index in [0.29, 0.717) is 24.9 Å². The smallest absolute Gasteiger partial charge is 0.310 e. The van der Waals surface area contributed by atoms with Gasteiger partial charge >= 0.3 is 5.97 Å². The molecule has 2 rings (SSSR count). The number of nitrogens with zero attached hydrogens (tertiary/aromatic N) is 1. The van der Waals surface area contributed by atoms with Gasteiger partial charge in [-0.25, -0.2) is 0 Å². The highest BCUT2D eigenvalue weighted by atomic mass is 16.4. The van der Waals surface area contributed by atoms with Crippen molar-refractivity contribution in [2.24, 2.45) is 11.1 Å². The number of nitriles is 1. The lowest BCUT2D eigenvalue weighted by molar-refractivity contribution is -0.150. The molecule has 19 heavy (non-hydrogen) atoms. The lowest BCUT2D eigenvalue weighted by atomic mass is 9.70. The predicted molar refractivity (Wildman–Crippen MR) is 71.5 cm³/mol. The first-order valence-corrected chi connectivity index (χ1v) is 6.57. The summed E-state index contributed by atoms with van der Waals surface area (Å²) in [5, 5.41) is 18.4. The fourth-order valence-electron chi connectivity index (χ4n) is 3.19. The molecule has 3 N–H and O–H groups in total. The maximum Gasteiger partial charge on any atom is 0.310 e. The Hall–Kier alpha value is -1.86. The van der Waals surface area contributed by atoms with Crippen molar-refractivity contribution in [3.05, 3.63) is 35.4 Å². The van der Waals surface area contributed by atoms with Crippen LogP contribution in [-0.4, -0.2) is 17.6 Å². The molecule has 4 nitrogen and oxygen atoms in total. The molecule has 1 unspecified atom stereocenters. The largest absolute Gasteiger partial charge is 0.481 e. The highest BCUT2D eigenvalue weighted by Gasteiger charge is 2.47. The van der Waals surface area contributed by atoms with Crippen molar-refractivity contribution in [3.63, 3.8) is 0 Å². The number of benzene rings is 1. The number of hydrogen-bond acceptors (Lipinski definition) is 3. The zero-order chi connectivity index (χ0) is 13.9. The van der Waals surface area contributed by atoms with Crippen LogP contribution in [0.15, 0.2) is 24.3 Å². The third kappa shape index (κ3) is 2.34. The zero-order valence-electron chi connectivity index (χ0n) is 10.8. The van der Waals surface area contributed by atoms with Crippen LogP contribution in [0.1, 0.15) is 42.7 Å². The van der Waals surface area contributed by atoms with E-state index in [-0.39, 0.29) is 5.92 Å². The fraction of sp³-hybridized carbons (Fsp3) is 0.467. The monoisotopic (exact) mass is 258 g/mol. The van der Waals surface area contributed by atoms with Gasteiger partial charge < -0.3 is 10.8 Å². The van der Waals surface area contributed by atoms with Gasteiger partial charge in [0.1, 0.15) is 0 Å². The molecule has 0 heterocycles. The van der Waals surface area contributed by atoms with Gasteiger partial charge in [-0.15, -0.1) is 0 Å². The molecule has 1 aromatic rings. The van der Waals surface area contributed by atoms with Gasteiger partial charge in [0.2, 0.25) is 0 Å². The summed E-state index contributed by atoms with van der Waals surface area (Å²) < 4.78 is 0. The minimum absolute atomic E-state index is 0.180. The minimum Gasteiger partial charge on any atom is -0.481 e. The number of carbonyl (C=O) groups is 1. The lowest BCUT2D eigenvalue weighted by Gasteiger charge is -2.33. The average Bonchev–Trinajstić information content (AvgIpc) is 2.91. The second-order valence-electron chi connectivity index (χ2n) is 5.19. The van der Waals surface area contributed by atoms with Crippen molar-refractivity contribution in [3.8, 4) is 6.07 Å². The quantitative estimate of drug-likeness (QED) is 0.867. The number of hydrogen-bond donors (Lipinski definition) is 2. The normalized spacial score (nSPS) is 18.7. The third-order valence-corrected chi connectivity index (χ3v) is 4.27. The van der Waals surface area contributed by atoms with Crippen LogP contribution in [0, 0.1) is 16.7 Å². The standard InChI is InChI=1S/C15H18N2O2/c16-9-11-3-5-12(6-4-11)13(10-17)15(14(18)19)7-1-2-8-15/h3-6,13H,1-2,7-8,10,17H2,(H,18,19). The van der Waals surface area contributed by atoms with Crippen LogP contribution >= 0.6 is 0 Å². The first-order valence-electron chi connectivity index (χ1n) is 6.57. The van der Waals surface area contributed by atoms with E-state index in [1.165, 1.54) is 0 Å². The Morgan fingerprint density at radius 3 is 2.37 bits per heavy atom. The van der Waals surface area contributed by atoms with Crippen LogP contribution in [0.4, 0.5) is 0 Å². The zero-order valence-corrected chi connectivity index (χ0v) is 10.8. The number of nitrogens with two attached hydrogens (primary N) is 1. The number of rotatable bonds is 4. The Balaban J connectivity index is 2.37. The second-order valence-corrected chi connectivity index (χ2v) is 5.19. The minimum atomic E-state index is -0.746. The van der Waals surface area contributed by atoms with Gasteiger partial charge in [-0.05, 0) is 30.5 Å². The van der Waals surface area contributed by atoms with Gasteiger partial charge in [-0.1, -0.05) is 25.0 Å². The summed E-state index contributed by atoms with van der Waals surface area (Å²) in [7, 11) is 0. The van der Waals surface area contributed by atoms with Crippen molar-refractivity contribution in [2.75, 3.05) is 6.54 Å². The van der Waals surface area contributed by atoms with E-state index in [1.54, 1.807) is 12.1 Å². The van der Waals surface area contributed by atoms with Crippen LogP contribution in [-0.2, 0) is 4.79 Å². The molecule has 4 heteroatoms. The summed E-state index contributed by atoms with van der Waals surface area (Å²) in [6.45, 7) is 0.318. The van der Waals surface area contributed by atoms with Gasteiger partial charge in [-0.3, -0.25) is 4.79 Å². The predicted octanol–water partition coefficient (Wildman–Crippen LogP) is 2.25. The van der Waals surface area contributed by atoms with Crippen molar-refractivity contribution >= 4 is 5.97 Å². The van der Waals surface area contributed by atoms with Crippen molar-refractivity contribution < 1.29 is 9.90 Å². The Bertz CT molecular complexity index is 496. The molecular formula is C15H18N2O2. The maximum absolute atomic E-state index is 11.7. The first-order chi connectivity index (χ1) is 9.14. The van der Waals surface area contributed by atoms with Crippen molar-refractivity contribution in [1.82, 2.24) is 0 Å². The molecule has 0 aliphatic heterocycles. The maximum atomic E-state index is 11.7. The first kappa shape index (κ1) is 13.6. The molecule has 0 saturated heterocycles. The molecule has 100 valence electrons. The fourth-order valence-corrected chi connectivity index (χ4v) is 3.19. The number of carboxylic acid groups (broad SMARTS) is 1. The van der Waals surface area contributed by atoms with Crippen LogP contribution in [0.5, 0.6) is 0 Å². The van der Waals surface area contributed by atoms with Gasteiger partial charge in [0, 0.05) is 12.5 Å². The molecule has 1 aliphatic rings. The van der Waals surface area contributed by atoms with E-state index < -0.39 is 11.4 Å². The van der Waals surface area contributed by atoms with Gasteiger partial charge in [0.05, 0.1) is 17.0 Å². The Morgan fingerprint density at radius 1 is 1.37 bits per heavy atom. The number of carboxylic acids is 1. The molecule has 1 atom stereocenters. The molecule has 0 amide bonds. The molecule has 1 aliphatic carbocycles. The third-order valence-electron chi connectivity index (χ3n) is 4.27. The number of aliphatic carboxylic acids is 1. The van der Waals surface area contributed by atoms with E-state index in [0.717, 1.165) is 18.4 Å². The van der Waals surface area contributed by atoms with E-state index in [2.05, 4.69) is 6.07 Å². The molecule has 1 saturated carbocycles. The van der Waals surface area contributed by atoms with E-state index in [1.807, 2.05) is 12.1 Å². The van der Waals surface area contributed by atoms with E-state index in [9.17, 15) is 9.90 Å². The molecule has 1 fully saturated rings.